The largest absolute Gasteiger partial charge is 0.505 e. The van der Waals surface area contributed by atoms with Gasteiger partial charge in [0.2, 0.25) is 5.90 Å². The molecular weight excluding hydrogens is 361 g/mol. The predicted octanol–water partition coefficient (Wildman–Crippen LogP) is 4.59. The zero-order chi connectivity index (χ0) is 17.6. The van der Waals surface area contributed by atoms with E-state index in [-0.39, 0.29) is 21.7 Å². The number of rotatable bonds is 3. The number of aromatic hydroxyl groups is 1. The average Bonchev–Trinajstić information content (AvgIpc) is 3.10. The highest BCUT2D eigenvalue weighted by Gasteiger charge is 2.33. The molecule has 1 N–H and O–H groups in total. The number of phenols is 1. The highest BCUT2D eigenvalue weighted by molar-refractivity contribution is 6.37. The van der Waals surface area contributed by atoms with E-state index in [9.17, 15) is 5.11 Å². The van der Waals surface area contributed by atoms with Gasteiger partial charge in [0.05, 0.1) is 27.7 Å². The Morgan fingerprint density at radius 1 is 1.20 bits per heavy atom. The molecule has 1 atom stereocenters. The van der Waals surface area contributed by atoms with E-state index in [1.54, 1.807) is 12.1 Å². The lowest BCUT2D eigenvalue weighted by molar-refractivity contribution is 0.312. The van der Waals surface area contributed by atoms with Gasteiger partial charge >= 0.3 is 0 Å². The Morgan fingerprint density at radius 3 is 2.64 bits per heavy atom. The Balaban J connectivity index is 1.77. The standard InChI is InChI=1S/C18H15Cl2N3O2/c1-2-25-18-11(7-10-8-12(19)16(24)13(20)9-10)17-21-14-5-3-4-6-15(14)23(17)22-18/h3-6,8-9,11,24H,2,7H2,1H3. The molecule has 1 aliphatic heterocycles. The van der Waals surface area contributed by atoms with E-state index in [4.69, 9.17) is 32.9 Å². The minimum Gasteiger partial charge on any atom is -0.505 e. The Bertz CT molecular complexity index is 974. The van der Waals surface area contributed by atoms with E-state index in [1.165, 1.54) is 0 Å². The van der Waals surface area contributed by atoms with Crippen LogP contribution in [-0.2, 0) is 11.2 Å². The summed E-state index contributed by atoms with van der Waals surface area (Å²) < 4.78 is 7.56. The number of halogens is 2. The maximum Gasteiger partial charge on any atom is 0.218 e. The van der Waals surface area contributed by atoms with Crippen molar-refractivity contribution in [2.75, 3.05) is 6.61 Å². The van der Waals surface area contributed by atoms with Gasteiger partial charge in [-0.05, 0) is 43.2 Å². The van der Waals surface area contributed by atoms with E-state index in [0.29, 0.717) is 18.9 Å². The summed E-state index contributed by atoms with van der Waals surface area (Å²) in [6, 6.07) is 11.3. The molecule has 1 aliphatic rings. The summed E-state index contributed by atoms with van der Waals surface area (Å²) in [6.07, 6.45) is 0.571. The topological polar surface area (TPSA) is 59.6 Å². The lowest BCUT2D eigenvalue weighted by atomic mass is 9.98. The first kappa shape index (κ1) is 16.2. The van der Waals surface area contributed by atoms with Crippen LogP contribution in [0.1, 0.15) is 24.2 Å². The number of para-hydroxylation sites is 2. The molecule has 0 bridgehead atoms. The van der Waals surface area contributed by atoms with Crippen molar-refractivity contribution in [1.29, 1.82) is 0 Å². The van der Waals surface area contributed by atoms with Crippen LogP contribution in [0.15, 0.2) is 41.5 Å². The van der Waals surface area contributed by atoms with Gasteiger partial charge in [0.15, 0.2) is 5.75 Å². The number of hydrogen-bond acceptors (Lipinski definition) is 4. The molecule has 2 heterocycles. The van der Waals surface area contributed by atoms with Gasteiger partial charge < -0.3 is 9.84 Å². The fraction of sp³-hybridized carbons (Fsp3) is 0.222. The van der Waals surface area contributed by atoms with Gasteiger partial charge in [0.1, 0.15) is 11.7 Å². The normalized spacial score (nSPS) is 16.1. The molecule has 25 heavy (non-hydrogen) atoms. The van der Waals surface area contributed by atoms with Gasteiger partial charge in [-0.3, -0.25) is 0 Å². The zero-order valence-electron chi connectivity index (χ0n) is 13.4. The molecule has 128 valence electrons. The summed E-state index contributed by atoms with van der Waals surface area (Å²) in [7, 11) is 0. The van der Waals surface area contributed by atoms with E-state index in [0.717, 1.165) is 22.4 Å². The molecule has 7 heteroatoms. The number of fused-ring (bicyclic) bond motifs is 3. The van der Waals surface area contributed by atoms with Gasteiger partial charge in [0, 0.05) is 0 Å². The summed E-state index contributed by atoms with van der Waals surface area (Å²) in [5.41, 5.74) is 2.72. The first-order valence-corrected chi connectivity index (χ1v) is 8.70. The Morgan fingerprint density at radius 2 is 1.92 bits per heavy atom. The van der Waals surface area contributed by atoms with Gasteiger partial charge in [-0.1, -0.05) is 35.3 Å². The lowest BCUT2D eigenvalue weighted by Crippen LogP contribution is -2.15. The van der Waals surface area contributed by atoms with E-state index in [2.05, 4.69) is 5.10 Å². The van der Waals surface area contributed by atoms with Crippen LogP contribution in [0.5, 0.6) is 5.75 Å². The molecule has 0 radical (unpaired) electrons. The van der Waals surface area contributed by atoms with Gasteiger partial charge in [0.25, 0.3) is 0 Å². The second kappa shape index (κ2) is 6.24. The van der Waals surface area contributed by atoms with Crippen molar-refractivity contribution >= 4 is 40.1 Å². The first-order valence-electron chi connectivity index (χ1n) is 7.94. The smallest absolute Gasteiger partial charge is 0.218 e. The Hall–Kier alpha value is -2.24. The Labute approximate surface area is 154 Å². The summed E-state index contributed by atoms with van der Waals surface area (Å²) in [5.74, 6) is 1.20. The quantitative estimate of drug-likeness (QED) is 0.728. The molecular formula is C18H15Cl2N3O2. The van der Waals surface area contributed by atoms with Gasteiger partial charge in [-0.15, -0.1) is 5.10 Å². The highest BCUT2D eigenvalue weighted by Crippen LogP contribution is 2.36. The molecule has 0 aliphatic carbocycles. The van der Waals surface area contributed by atoms with Crippen molar-refractivity contribution in [3.8, 4) is 5.75 Å². The average molecular weight is 376 g/mol. The maximum absolute atomic E-state index is 9.75. The van der Waals surface area contributed by atoms with Crippen LogP contribution in [0.25, 0.3) is 11.0 Å². The number of ether oxygens (including phenoxy) is 1. The van der Waals surface area contributed by atoms with Crippen molar-refractivity contribution in [2.45, 2.75) is 19.3 Å². The van der Waals surface area contributed by atoms with Crippen LogP contribution >= 0.6 is 23.2 Å². The van der Waals surface area contributed by atoms with Crippen molar-refractivity contribution in [3.63, 3.8) is 0 Å². The lowest BCUT2D eigenvalue weighted by Gasteiger charge is -2.13. The monoisotopic (exact) mass is 375 g/mol. The van der Waals surface area contributed by atoms with Crippen LogP contribution in [0.4, 0.5) is 0 Å². The molecule has 0 amide bonds. The fourth-order valence-corrected chi connectivity index (χ4v) is 3.60. The summed E-state index contributed by atoms with van der Waals surface area (Å²) in [6.45, 7) is 2.45. The molecule has 0 fully saturated rings. The van der Waals surface area contributed by atoms with Crippen molar-refractivity contribution in [3.05, 3.63) is 57.8 Å². The van der Waals surface area contributed by atoms with Crippen LogP contribution in [0.3, 0.4) is 0 Å². The first-order chi connectivity index (χ1) is 12.1. The number of benzene rings is 2. The van der Waals surface area contributed by atoms with Gasteiger partial charge in [-0.2, -0.15) is 0 Å². The molecule has 1 unspecified atom stereocenters. The number of nitrogens with zero attached hydrogens (tertiary/aromatic N) is 3. The minimum absolute atomic E-state index is 0.107. The van der Waals surface area contributed by atoms with Crippen molar-refractivity contribution < 1.29 is 9.84 Å². The summed E-state index contributed by atoms with van der Waals surface area (Å²) in [4.78, 5) is 4.72. The molecule has 0 spiro atoms. The van der Waals surface area contributed by atoms with Gasteiger partial charge in [-0.25, -0.2) is 9.66 Å². The molecule has 2 aromatic carbocycles. The van der Waals surface area contributed by atoms with Crippen molar-refractivity contribution in [2.24, 2.45) is 5.10 Å². The minimum atomic E-state index is -0.135. The Kier molecular flexibility index (Phi) is 4.06. The van der Waals surface area contributed by atoms with Crippen LogP contribution in [0, 0.1) is 0 Å². The fourth-order valence-electron chi connectivity index (χ4n) is 3.07. The highest BCUT2D eigenvalue weighted by atomic mass is 35.5. The second-order valence-electron chi connectivity index (χ2n) is 5.81. The number of aromatic nitrogens is 2. The van der Waals surface area contributed by atoms with E-state index < -0.39 is 0 Å². The molecule has 4 rings (SSSR count). The predicted molar refractivity (Wildman–Crippen MR) is 98.8 cm³/mol. The van der Waals surface area contributed by atoms with Crippen molar-refractivity contribution in [1.82, 2.24) is 9.66 Å². The molecule has 5 nitrogen and oxygen atoms in total. The second-order valence-corrected chi connectivity index (χ2v) is 6.62. The summed E-state index contributed by atoms with van der Waals surface area (Å²) in [5, 5.41) is 14.8. The van der Waals surface area contributed by atoms with Crippen LogP contribution < -0.4 is 0 Å². The van der Waals surface area contributed by atoms with E-state index in [1.807, 2.05) is 35.9 Å². The van der Waals surface area contributed by atoms with Crippen LogP contribution in [-0.4, -0.2) is 27.3 Å². The third-order valence-corrected chi connectivity index (χ3v) is 4.76. The number of phenolic OH excluding ortho intramolecular Hbond substituents is 1. The molecule has 3 aromatic rings. The van der Waals surface area contributed by atoms with E-state index >= 15 is 0 Å². The van der Waals surface area contributed by atoms with Crippen LogP contribution in [0.2, 0.25) is 10.0 Å². The zero-order valence-corrected chi connectivity index (χ0v) is 14.9. The summed E-state index contributed by atoms with van der Waals surface area (Å²) >= 11 is 12.1. The number of hydrogen-bond donors (Lipinski definition) is 1. The number of imidazole rings is 1. The SMILES string of the molecule is CCOC1=Nn2c(nc3ccccc32)C1Cc1cc(Cl)c(O)c(Cl)c1. The third-order valence-electron chi connectivity index (χ3n) is 4.18. The maximum atomic E-state index is 9.75. The molecule has 1 aromatic heterocycles. The molecule has 0 saturated carbocycles. The third kappa shape index (κ3) is 2.73. The molecule has 0 saturated heterocycles.